The highest BCUT2D eigenvalue weighted by molar-refractivity contribution is 7.92. The van der Waals surface area contributed by atoms with Crippen LogP contribution in [0.5, 0.6) is 5.75 Å². The number of benzene rings is 2. The van der Waals surface area contributed by atoms with Crippen LogP contribution in [0.15, 0.2) is 42.5 Å². The Bertz CT molecular complexity index is 1120. The van der Waals surface area contributed by atoms with Gasteiger partial charge in [-0.1, -0.05) is 0 Å². The summed E-state index contributed by atoms with van der Waals surface area (Å²) in [5.74, 6) is 0.169. The maximum absolute atomic E-state index is 12.6. The number of hydrogen-bond donors (Lipinski definition) is 2. The Morgan fingerprint density at radius 1 is 1.06 bits per heavy atom. The van der Waals surface area contributed by atoms with Crippen LogP contribution >= 0.6 is 0 Å². The van der Waals surface area contributed by atoms with Crippen LogP contribution in [0.25, 0.3) is 0 Å². The second kappa shape index (κ2) is 10.9. The maximum atomic E-state index is 12.6. The number of aryl methyl sites for hydroxylation is 1. The molecule has 1 heterocycles. The molecule has 0 bridgehead atoms. The van der Waals surface area contributed by atoms with E-state index in [0.29, 0.717) is 28.3 Å². The van der Waals surface area contributed by atoms with E-state index in [1.54, 1.807) is 56.3 Å². The third-order valence-electron chi connectivity index (χ3n) is 6.09. The molecule has 2 aromatic rings. The molecule has 2 atom stereocenters. The first kappa shape index (κ1) is 25.6. The molecule has 1 aliphatic rings. The van der Waals surface area contributed by atoms with Gasteiger partial charge in [-0.2, -0.15) is 0 Å². The number of hydrogen-bond acceptors (Lipinski definition) is 5. The predicted molar refractivity (Wildman–Crippen MR) is 134 cm³/mol. The molecule has 2 aromatic carbocycles. The van der Waals surface area contributed by atoms with Crippen LogP contribution in [0.4, 0.5) is 11.4 Å². The molecule has 0 aromatic heterocycles. The lowest BCUT2D eigenvalue weighted by atomic mass is 9.97. The zero-order valence-corrected chi connectivity index (χ0v) is 20.9. The molecular weight excluding hydrogens is 454 g/mol. The highest BCUT2D eigenvalue weighted by Gasteiger charge is 2.29. The first-order valence-corrected chi connectivity index (χ1v) is 13.2. The van der Waals surface area contributed by atoms with Crippen molar-refractivity contribution in [3.8, 4) is 5.75 Å². The molecule has 2 unspecified atom stereocenters. The van der Waals surface area contributed by atoms with Crippen LogP contribution in [0.1, 0.15) is 56.0 Å². The lowest BCUT2D eigenvalue weighted by Gasteiger charge is -2.38. The number of nitrogens with zero attached hydrogens (tertiary/aromatic N) is 1. The Kier molecular flexibility index (Phi) is 8.19. The van der Waals surface area contributed by atoms with Crippen molar-refractivity contribution < 1.29 is 22.7 Å². The molecule has 0 spiro atoms. The number of rotatable bonds is 8. The van der Waals surface area contributed by atoms with E-state index in [9.17, 15) is 18.0 Å². The number of carbonyl (C=O) groups excluding carboxylic acids is 2. The largest absolute Gasteiger partial charge is 0.484 e. The first-order chi connectivity index (χ1) is 16.1. The van der Waals surface area contributed by atoms with E-state index >= 15 is 0 Å². The Morgan fingerprint density at radius 2 is 1.71 bits per heavy atom. The summed E-state index contributed by atoms with van der Waals surface area (Å²) in [7, 11) is -3.37. The molecule has 0 aliphatic carbocycles. The Morgan fingerprint density at radius 3 is 2.29 bits per heavy atom. The van der Waals surface area contributed by atoms with Gasteiger partial charge in [-0.3, -0.25) is 14.3 Å². The average molecular weight is 488 g/mol. The predicted octanol–water partition coefficient (Wildman–Crippen LogP) is 4.18. The minimum atomic E-state index is -3.37. The number of likely N-dealkylation sites (tertiary alicyclic amines) is 1. The molecule has 2 N–H and O–H groups in total. The third kappa shape index (κ3) is 6.50. The van der Waals surface area contributed by atoms with Crippen LogP contribution in [0, 0.1) is 6.92 Å². The highest BCUT2D eigenvalue weighted by atomic mass is 32.2. The van der Waals surface area contributed by atoms with Gasteiger partial charge in [-0.05, 0) is 95.0 Å². The monoisotopic (exact) mass is 487 g/mol. The Hall–Kier alpha value is -3.07. The number of ether oxygens (including phenoxy) is 1. The van der Waals surface area contributed by atoms with Crippen molar-refractivity contribution in [3.05, 3.63) is 53.6 Å². The summed E-state index contributed by atoms with van der Waals surface area (Å²) in [5, 5.41) is 2.81. The summed E-state index contributed by atoms with van der Waals surface area (Å²) in [6.07, 6.45) is 3.16. The number of nitrogens with one attached hydrogen (secondary N) is 2. The quantitative estimate of drug-likeness (QED) is 0.581. The van der Waals surface area contributed by atoms with Crippen LogP contribution in [0.2, 0.25) is 0 Å². The summed E-state index contributed by atoms with van der Waals surface area (Å²) in [6, 6.07) is 12.0. The zero-order valence-electron chi connectivity index (χ0n) is 20.1. The summed E-state index contributed by atoms with van der Waals surface area (Å²) < 4.78 is 31.7. The van der Waals surface area contributed by atoms with E-state index in [0.717, 1.165) is 19.3 Å². The molecule has 2 amide bonds. The van der Waals surface area contributed by atoms with Crippen molar-refractivity contribution in [1.82, 2.24) is 4.90 Å². The first-order valence-electron chi connectivity index (χ1n) is 11.6. The Labute approximate surface area is 201 Å². The number of anilines is 2. The van der Waals surface area contributed by atoms with Gasteiger partial charge in [0.25, 0.3) is 11.8 Å². The van der Waals surface area contributed by atoms with E-state index in [1.165, 1.54) is 0 Å². The molecule has 9 heteroatoms. The molecule has 1 fully saturated rings. The summed E-state index contributed by atoms with van der Waals surface area (Å²) in [5.41, 5.74) is 2.16. The van der Waals surface area contributed by atoms with Crippen LogP contribution in [-0.4, -0.2) is 49.6 Å². The number of piperidine rings is 1. The molecule has 34 heavy (non-hydrogen) atoms. The molecule has 0 saturated carbocycles. The number of carbonyl (C=O) groups is 2. The average Bonchev–Trinajstić information content (AvgIpc) is 2.79. The van der Waals surface area contributed by atoms with Gasteiger partial charge in [-0.25, -0.2) is 8.42 Å². The van der Waals surface area contributed by atoms with Gasteiger partial charge in [0.15, 0.2) is 6.61 Å². The summed E-state index contributed by atoms with van der Waals surface area (Å²) >= 11 is 0. The molecule has 3 rings (SSSR count). The van der Waals surface area contributed by atoms with Crippen molar-refractivity contribution in [2.75, 3.05) is 22.4 Å². The minimum absolute atomic E-state index is 0.0186. The van der Waals surface area contributed by atoms with E-state index in [2.05, 4.69) is 23.9 Å². The molecule has 8 nitrogen and oxygen atoms in total. The van der Waals surface area contributed by atoms with Gasteiger partial charge >= 0.3 is 0 Å². The minimum Gasteiger partial charge on any atom is -0.484 e. The Balaban J connectivity index is 1.57. The number of sulfonamides is 1. The smallest absolute Gasteiger partial charge is 0.260 e. The zero-order chi connectivity index (χ0) is 24.9. The van der Waals surface area contributed by atoms with Gasteiger partial charge in [0, 0.05) is 23.3 Å². The molecular formula is C25H33N3O5S. The second-order valence-corrected chi connectivity index (χ2v) is 10.7. The second-order valence-electron chi connectivity index (χ2n) is 8.73. The van der Waals surface area contributed by atoms with E-state index in [-0.39, 0.29) is 36.3 Å². The molecule has 184 valence electrons. The molecule has 0 radical (unpaired) electrons. The molecule has 1 aliphatic heterocycles. The molecule has 1 saturated heterocycles. The lowest BCUT2D eigenvalue weighted by molar-refractivity contribution is -0.139. The van der Waals surface area contributed by atoms with Crippen LogP contribution in [-0.2, 0) is 14.8 Å². The highest BCUT2D eigenvalue weighted by Crippen LogP contribution is 2.24. The van der Waals surface area contributed by atoms with Gasteiger partial charge < -0.3 is 15.0 Å². The summed E-state index contributed by atoms with van der Waals surface area (Å²) in [4.78, 5) is 27.1. The van der Waals surface area contributed by atoms with Crippen molar-refractivity contribution in [2.24, 2.45) is 0 Å². The van der Waals surface area contributed by atoms with Gasteiger partial charge in [0.05, 0.1) is 11.4 Å². The van der Waals surface area contributed by atoms with Crippen LogP contribution in [0.3, 0.4) is 0 Å². The van der Waals surface area contributed by atoms with E-state index in [1.807, 2.05) is 4.90 Å². The fraction of sp³-hybridized carbons (Fsp3) is 0.440. The fourth-order valence-corrected chi connectivity index (χ4v) is 4.84. The number of amides is 2. The van der Waals surface area contributed by atoms with Crippen molar-refractivity contribution in [3.63, 3.8) is 0 Å². The fourth-order valence-electron chi connectivity index (χ4n) is 4.13. The van der Waals surface area contributed by atoms with E-state index in [4.69, 9.17) is 4.74 Å². The summed E-state index contributed by atoms with van der Waals surface area (Å²) in [6.45, 7) is 7.44. The topological polar surface area (TPSA) is 105 Å². The standard InChI is InChI=1S/C25H33N3O5S/c1-5-34(31,32)27-23-14-11-21(15-17(23)2)26-25(30)20-9-12-22(13-10-20)33-16-24(29)28-18(3)7-6-8-19(28)4/h9-15,18-19,27H,5-8,16H2,1-4H3,(H,26,30). The SMILES string of the molecule is CCS(=O)(=O)Nc1ccc(NC(=O)c2ccc(OCC(=O)N3C(C)CCCC3C)cc2)cc1C. The van der Waals surface area contributed by atoms with Gasteiger partial charge in [0.1, 0.15) is 5.75 Å². The van der Waals surface area contributed by atoms with E-state index < -0.39 is 10.0 Å². The van der Waals surface area contributed by atoms with Crippen LogP contribution < -0.4 is 14.8 Å². The normalized spacial score (nSPS) is 18.3. The lowest BCUT2D eigenvalue weighted by Crippen LogP contribution is -2.49. The van der Waals surface area contributed by atoms with Crippen molar-refractivity contribution >= 4 is 33.2 Å². The maximum Gasteiger partial charge on any atom is 0.260 e. The van der Waals surface area contributed by atoms with Gasteiger partial charge in [0.2, 0.25) is 10.0 Å². The van der Waals surface area contributed by atoms with Crippen molar-refractivity contribution in [1.29, 1.82) is 0 Å². The van der Waals surface area contributed by atoms with Gasteiger partial charge in [-0.15, -0.1) is 0 Å². The third-order valence-corrected chi connectivity index (χ3v) is 7.38. The van der Waals surface area contributed by atoms with Crippen molar-refractivity contribution in [2.45, 2.75) is 59.0 Å².